The Bertz CT molecular complexity index is 439. The van der Waals surface area contributed by atoms with Crippen LogP contribution in [0.5, 0.6) is 0 Å². The van der Waals surface area contributed by atoms with Crippen molar-refractivity contribution < 1.29 is 0 Å². The van der Waals surface area contributed by atoms with Crippen LogP contribution < -0.4 is 5.73 Å². The molecule has 0 spiro atoms. The van der Waals surface area contributed by atoms with Crippen molar-refractivity contribution in [1.82, 2.24) is 14.9 Å². The average Bonchev–Trinajstić information content (AvgIpc) is 2.37. The monoisotopic (exact) mass is 318 g/mol. The van der Waals surface area contributed by atoms with Gasteiger partial charge in [0, 0.05) is 17.9 Å². The molecule has 0 unspecified atom stereocenters. The third kappa shape index (κ3) is 3.35. The summed E-state index contributed by atoms with van der Waals surface area (Å²) < 4.78 is 0. The molecule has 3 rings (SSSR count). The second kappa shape index (κ2) is 7.43. The van der Waals surface area contributed by atoms with Crippen LogP contribution >= 0.6 is 24.8 Å². The normalized spacial score (nSPS) is 24.9. The molecule has 1 aromatic heterocycles. The second-order valence-electron chi connectivity index (χ2n) is 5.61. The molecule has 1 aromatic rings. The molecule has 0 saturated carbocycles. The van der Waals surface area contributed by atoms with Crippen LogP contribution in [-0.2, 0) is 12.8 Å². The van der Waals surface area contributed by atoms with E-state index in [1.807, 2.05) is 6.20 Å². The lowest BCUT2D eigenvalue weighted by Gasteiger charge is -2.44. The summed E-state index contributed by atoms with van der Waals surface area (Å²) in [5, 5.41) is 0. The molecule has 1 fully saturated rings. The zero-order chi connectivity index (χ0) is 12.5. The minimum absolute atomic E-state index is 0. The fraction of sp³-hybridized carbons (Fsp3) is 0.714. The highest BCUT2D eigenvalue weighted by atomic mass is 35.5. The van der Waals surface area contributed by atoms with Gasteiger partial charge in [0.15, 0.2) is 0 Å². The third-order valence-corrected chi connectivity index (χ3v) is 4.40. The van der Waals surface area contributed by atoms with E-state index in [2.05, 4.69) is 21.8 Å². The molecule has 1 saturated heterocycles. The van der Waals surface area contributed by atoms with Crippen LogP contribution in [0.4, 0.5) is 5.95 Å². The summed E-state index contributed by atoms with van der Waals surface area (Å²) in [4.78, 5) is 11.2. The lowest BCUT2D eigenvalue weighted by Crippen LogP contribution is -2.49. The van der Waals surface area contributed by atoms with Crippen LogP contribution in [0.3, 0.4) is 0 Å². The van der Waals surface area contributed by atoms with E-state index in [1.165, 1.54) is 43.6 Å². The van der Waals surface area contributed by atoms with Gasteiger partial charge in [-0.1, -0.05) is 6.92 Å². The number of likely N-dealkylation sites (tertiary alicyclic amines) is 1. The maximum atomic E-state index is 5.69. The van der Waals surface area contributed by atoms with Crippen LogP contribution in [0.15, 0.2) is 6.20 Å². The number of anilines is 1. The Morgan fingerprint density at radius 2 is 2.15 bits per heavy atom. The van der Waals surface area contributed by atoms with Crippen LogP contribution in [0.1, 0.15) is 37.4 Å². The highest BCUT2D eigenvalue weighted by Crippen LogP contribution is 2.34. The SMILES string of the molecule is CCCN1CCC[C@H]2Cc3nc(N)ncc3C[C@@H]21.Cl.Cl. The number of hydrogen-bond acceptors (Lipinski definition) is 4. The van der Waals surface area contributed by atoms with Crippen molar-refractivity contribution in [2.75, 3.05) is 18.8 Å². The van der Waals surface area contributed by atoms with E-state index in [0.29, 0.717) is 12.0 Å². The molecular weight excluding hydrogens is 295 g/mol. The van der Waals surface area contributed by atoms with Crippen LogP contribution in [0.25, 0.3) is 0 Å². The van der Waals surface area contributed by atoms with Gasteiger partial charge in [-0.3, -0.25) is 4.90 Å². The first-order valence-electron chi connectivity index (χ1n) is 7.12. The Labute approximate surface area is 133 Å². The number of aromatic nitrogens is 2. The Morgan fingerprint density at radius 1 is 1.35 bits per heavy atom. The van der Waals surface area contributed by atoms with Gasteiger partial charge in [0.25, 0.3) is 0 Å². The fourth-order valence-electron chi connectivity index (χ4n) is 3.59. The molecule has 0 aromatic carbocycles. The quantitative estimate of drug-likeness (QED) is 0.910. The van der Waals surface area contributed by atoms with E-state index in [1.54, 1.807) is 0 Å². The first kappa shape index (κ1) is 17.5. The van der Waals surface area contributed by atoms with Crippen LogP contribution in [-0.4, -0.2) is 34.0 Å². The largest absolute Gasteiger partial charge is 0.368 e. The van der Waals surface area contributed by atoms with E-state index in [9.17, 15) is 0 Å². The molecule has 0 bridgehead atoms. The number of piperidine rings is 1. The molecule has 2 aliphatic rings. The van der Waals surface area contributed by atoms with Crippen molar-refractivity contribution in [3.63, 3.8) is 0 Å². The standard InChI is InChI=1S/C14H22N4.2ClH/c1-2-5-18-6-3-4-10-7-12-11(8-13(10)18)9-16-14(15)17-12;;/h9-10,13H,2-8H2,1H3,(H2,15,16,17);2*1H/t10-,13-;;/m0../s1. The Balaban J connectivity index is 0.000001000. The molecular formula is C14H24Cl2N4. The fourth-order valence-corrected chi connectivity index (χ4v) is 3.59. The molecule has 1 aliphatic carbocycles. The molecule has 20 heavy (non-hydrogen) atoms. The van der Waals surface area contributed by atoms with Crippen molar-refractivity contribution in [3.8, 4) is 0 Å². The molecule has 0 radical (unpaired) electrons. The summed E-state index contributed by atoms with van der Waals surface area (Å²) in [5.74, 6) is 1.19. The molecule has 2 heterocycles. The van der Waals surface area contributed by atoms with Gasteiger partial charge >= 0.3 is 0 Å². The summed E-state index contributed by atoms with van der Waals surface area (Å²) in [5.41, 5.74) is 8.20. The topological polar surface area (TPSA) is 55.0 Å². The Kier molecular flexibility index (Phi) is 6.49. The Morgan fingerprint density at radius 3 is 2.90 bits per heavy atom. The van der Waals surface area contributed by atoms with Crippen LogP contribution in [0.2, 0.25) is 0 Å². The van der Waals surface area contributed by atoms with Gasteiger partial charge in [0.05, 0.1) is 0 Å². The van der Waals surface area contributed by atoms with Gasteiger partial charge in [0.2, 0.25) is 5.95 Å². The lowest BCUT2D eigenvalue weighted by atomic mass is 9.77. The minimum atomic E-state index is 0. The molecule has 6 heteroatoms. The maximum Gasteiger partial charge on any atom is 0.220 e. The van der Waals surface area contributed by atoms with Crippen molar-refractivity contribution in [2.45, 2.75) is 45.1 Å². The van der Waals surface area contributed by atoms with Gasteiger partial charge in [0.1, 0.15) is 0 Å². The lowest BCUT2D eigenvalue weighted by molar-refractivity contribution is 0.0845. The second-order valence-corrected chi connectivity index (χ2v) is 5.61. The van der Waals surface area contributed by atoms with E-state index >= 15 is 0 Å². The summed E-state index contributed by atoms with van der Waals surface area (Å²) in [7, 11) is 0. The molecule has 2 N–H and O–H groups in total. The number of halogens is 2. The average molecular weight is 319 g/mol. The molecule has 1 aliphatic heterocycles. The third-order valence-electron chi connectivity index (χ3n) is 4.40. The van der Waals surface area contributed by atoms with Gasteiger partial charge in [-0.05, 0) is 56.7 Å². The van der Waals surface area contributed by atoms with E-state index in [4.69, 9.17) is 5.73 Å². The van der Waals surface area contributed by atoms with Gasteiger partial charge in [-0.2, -0.15) is 0 Å². The van der Waals surface area contributed by atoms with E-state index in [-0.39, 0.29) is 24.8 Å². The van der Waals surface area contributed by atoms with Crippen molar-refractivity contribution >= 4 is 30.8 Å². The van der Waals surface area contributed by atoms with Crippen LogP contribution in [0, 0.1) is 5.92 Å². The van der Waals surface area contributed by atoms with Gasteiger partial charge in [-0.15, -0.1) is 24.8 Å². The van der Waals surface area contributed by atoms with Gasteiger partial charge < -0.3 is 5.73 Å². The van der Waals surface area contributed by atoms with Crippen molar-refractivity contribution in [3.05, 3.63) is 17.5 Å². The molecule has 0 amide bonds. The summed E-state index contributed by atoms with van der Waals surface area (Å²) in [6.45, 7) is 4.76. The van der Waals surface area contributed by atoms with Crippen molar-refractivity contribution in [1.29, 1.82) is 0 Å². The first-order chi connectivity index (χ1) is 8.78. The zero-order valence-electron chi connectivity index (χ0n) is 11.9. The number of hydrogen-bond donors (Lipinski definition) is 1. The Hall–Kier alpha value is -0.580. The predicted octanol–water partition coefficient (Wildman–Crippen LogP) is 2.49. The number of nitrogens with two attached hydrogens (primary N) is 1. The number of fused-ring (bicyclic) bond motifs is 2. The van der Waals surface area contributed by atoms with Gasteiger partial charge in [-0.25, -0.2) is 9.97 Å². The van der Waals surface area contributed by atoms with E-state index < -0.39 is 0 Å². The highest BCUT2D eigenvalue weighted by molar-refractivity contribution is 5.85. The summed E-state index contributed by atoms with van der Waals surface area (Å²) in [6.07, 6.45) is 8.06. The summed E-state index contributed by atoms with van der Waals surface area (Å²) >= 11 is 0. The molecule has 2 atom stereocenters. The first-order valence-corrected chi connectivity index (χ1v) is 7.12. The number of rotatable bonds is 2. The predicted molar refractivity (Wildman–Crippen MR) is 86.7 cm³/mol. The minimum Gasteiger partial charge on any atom is -0.368 e. The van der Waals surface area contributed by atoms with Crippen molar-refractivity contribution in [2.24, 2.45) is 5.92 Å². The smallest absolute Gasteiger partial charge is 0.220 e. The maximum absolute atomic E-state index is 5.69. The number of nitrogens with zero attached hydrogens (tertiary/aromatic N) is 3. The highest BCUT2D eigenvalue weighted by Gasteiger charge is 2.35. The van der Waals surface area contributed by atoms with E-state index in [0.717, 1.165) is 18.8 Å². The zero-order valence-corrected chi connectivity index (χ0v) is 13.6. The molecule has 4 nitrogen and oxygen atoms in total. The number of nitrogen functional groups attached to an aromatic ring is 1. The molecule has 114 valence electrons. The summed E-state index contributed by atoms with van der Waals surface area (Å²) in [6, 6.07) is 0.707.